The van der Waals surface area contributed by atoms with E-state index in [2.05, 4.69) is 10.3 Å². The zero-order chi connectivity index (χ0) is 21.9. The molecule has 0 spiro atoms. The number of nitrogen functional groups attached to an aromatic ring is 1. The molecular formula is C25H28N4OS2. The Labute approximate surface area is 196 Å². The van der Waals surface area contributed by atoms with Gasteiger partial charge >= 0.3 is 0 Å². The molecule has 166 valence electrons. The SMILES string of the molecule is CSc1nc(-c2ccccc2)c2c(N)c(C(=O)NCC34CC5CC(CC(C5)C3)C4)sc2n1. The monoisotopic (exact) mass is 464 g/mol. The van der Waals surface area contributed by atoms with Gasteiger partial charge in [0, 0.05) is 12.1 Å². The molecule has 0 unspecified atom stereocenters. The first kappa shape index (κ1) is 20.5. The number of nitrogens with two attached hydrogens (primary N) is 1. The number of aromatic nitrogens is 2. The molecule has 0 aliphatic heterocycles. The van der Waals surface area contributed by atoms with Crippen LogP contribution in [0, 0.1) is 23.2 Å². The molecule has 7 rings (SSSR count). The number of carbonyl (C=O) groups excluding carboxylic acids is 1. The van der Waals surface area contributed by atoms with Crippen molar-refractivity contribution in [3.05, 3.63) is 35.2 Å². The molecule has 4 aliphatic rings. The Morgan fingerprint density at radius 1 is 1.12 bits per heavy atom. The zero-order valence-electron chi connectivity index (χ0n) is 18.3. The van der Waals surface area contributed by atoms with Crippen LogP contribution in [0.1, 0.15) is 48.2 Å². The summed E-state index contributed by atoms with van der Waals surface area (Å²) in [6, 6.07) is 10.0. The summed E-state index contributed by atoms with van der Waals surface area (Å²) in [7, 11) is 0. The lowest BCUT2D eigenvalue weighted by molar-refractivity contribution is -0.0503. The van der Waals surface area contributed by atoms with Crippen molar-refractivity contribution in [2.24, 2.45) is 23.2 Å². The molecule has 0 radical (unpaired) electrons. The van der Waals surface area contributed by atoms with E-state index in [4.69, 9.17) is 10.7 Å². The fraction of sp³-hybridized carbons (Fsp3) is 0.480. The predicted molar refractivity (Wildman–Crippen MR) is 132 cm³/mol. The maximum atomic E-state index is 13.3. The maximum Gasteiger partial charge on any atom is 0.263 e. The molecule has 4 saturated carbocycles. The van der Waals surface area contributed by atoms with Crippen LogP contribution in [0.15, 0.2) is 35.5 Å². The number of hydrogen-bond acceptors (Lipinski definition) is 6. The first-order chi connectivity index (χ1) is 15.5. The number of fused-ring (bicyclic) bond motifs is 1. The first-order valence-corrected chi connectivity index (χ1v) is 13.6. The molecule has 4 aliphatic carbocycles. The molecule has 2 aromatic heterocycles. The van der Waals surface area contributed by atoms with Crippen LogP contribution in [0.3, 0.4) is 0 Å². The molecule has 2 heterocycles. The summed E-state index contributed by atoms with van der Waals surface area (Å²) in [4.78, 5) is 24.1. The van der Waals surface area contributed by atoms with Crippen molar-refractivity contribution >= 4 is 44.9 Å². The number of nitrogens with zero attached hydrogens (tertiary/aromatic N) is 2. The van der Waals surface area contributed by atoms with Crippen molar-refractivity contribution < 1.29 is 4.79 Å². The number of hydrogen-bond donors (Lipinski definition) is 2. The highest BCUT2D eigenvalue weighted by molar-refractivity contribution is 7.98. The molecule has 0 atom stereocenters. The lowest BCUT2D eigenvalue weighted by Crippen LogP contribution is -2.51. The van der Waals surface area contributed by atoms with Gasteiger partial charge in [-0.05, 0) is 67.9 Å². The lowest BCUT2D eigenvalue weighted by atomic mass is 9.49. The number of anilines is 1. The molecule has 3 N–H and O–H groups in total. The van der Waals surface area contributed by atoms with Gasteiger partial charge in [-0.1, -0.05) is 42.1 Å². The van der Waals surface area contributed by atoms with Crippen molar-refractivity contribution in [1.29, 1.82) is 0 Å². The first-order valence-electron chi connectivity index (χ1n) is 11.5. The van der Waals surface area contributed by atoms with Gasteiger partial charge < -0.3 is 11.1 Å². The molecular weight excluding hydrogens is 436 g/mol. The fourth-order valence-electron chi connectivity index (χ4n) is 6.92. The number of amides is 1. The largest absolute Gasteiger partial charge is 0.397 e. The number of thiophene rings is 1. The zero-order valence-corrected chi connectivity index (χ0v) is 19.9. The van der Waals surface area contributed by atoms with Crippen LogP contribution >= 0.6 is 23.1 Å². The minimum Gasteiger partial charge on any atom is -0.397 e. The van der Waals surface area contributed by atoms with E-state index in [-0.39, 0.29) is 5.91 Å². The lowest BCUT2D eigenvalue weighted by Gasteiger charge is -2.56. The summed E-state index contributed by atoms with van der Waals surface area (Å²) in [5.74, 6) is 2.56. The van der Waals surface area contributed by atoms with Gasteiger partial charge in [0.15, 0.2) is 5.16 Å². The van der Waals surface area contributed by atoms with Crippen molar-refractivity contribution in [2.45, 2.75) is 43.7 Å². The summed E-state index contributed by atoms with van der Waals surface area (Å²) < 4.78 is 0. The average Bonchev–Trinajstić information content (AvgIpc) is 3.13. The second-order valence-electron chi connectivity index (χ2n) is 10.1. The summed E-state index contributed by atoms with van der Waals surface area (Å²) in [6.07, 6.45) is 10.0. The Hall–Kier alpha value is -2.12. The quantitative estimate of drug-likeness (QED) is 0.379. The third-order valence-electron chi connectivity index (χ3n) is 7.79. The van der Waals surface area contributed by atoms with Crippen LogP contribution in [0.5, 0.6) is 0 Å². The van der Waals surface area contributed by atoms with Crippen molar-refractivity contribution in [2.75, 3.05) is 18.5 Å². The van der Waals surface area contributed by atoms with E-state index >= 15 is 0 Å². The third kappa shape index (κ3) is 3.41. The number of nitrogens with one attached hydrogen (secondary N) is 1. The highest BCUT2D eigenvalue weighted by Gasteiger charge is 2.50. The molecule has 5 nitrogen and oxygen atoms in total. The van der Waals surface area contributed by atoms with E-state index in [0.29, 0.717) is 21.1 Å². The van der Waals surface area contributed by atoms with E-state index in [1.54, 1.807) is 0 Å². The summed E-state index contributed by atoms with van der Waals surface area (Å²) in [5.41, 5.74) is 9.16. The number of carbonyl (C=O) groups is 1. The highest BCUT2D eigenvalue weighted by Crippen LogP contribution is 2.59. The van der Waals surface area contributed by atoms with Crippen LogP contribution in [-0.2, 0) is 0 Å². The Morgan fingerprint density at radius 3 is 2.41 bits per heavy atom. The van der Waals surface area contributed by atoms with E-state index in [9.17, 15) is 4.79 Å². The highest BCUT2D eigenvalue weighted by atomic mass is 32.2. The Balaban J connectivity index is 1.31. The second kappa shape index (κ2) is 7.73. The van der Waals surface area contributed by atoms with E-state index < -0.39 is 0 Å². The van der Waals surface area contributed by atoms with Crippen molar-refractivity contribution in [3.63, 3.8) is 0 Å². The molecule has 3 aromatic rings. The second-order valence-corrected chi connectivity index (χ2v) is 11.8. The van der Waals surface area contributed by atoms with E-state index in [1.807, 2.05) is 36.6 Å². The smallest absolute Gasteiger partial charge is 0.263 e. The molecule has 32 heavy (non-hydrogen) atoms. The van der Waals surface area contributed by atoms with Gasteiger partial charge in [0.2, 0.25) is 0 Å². The number of rotatable bonds is 5. The number of benzene rings is 1. The van der Waals surface area contributed by atoms with E-state index in [1.165, 1.54) is 61.6 Å². The van der Waals surface area contributed by atoms with Crippen molar-refractivity contribution in [1.82, 2.24) is 15.3 Å². The minimum atomic E-state index is -0.0639. The Bertz CT molecular complexity index is 1150. The molecule has 1 amide bonds. The molecule has 7 heteroatoms. The predicted octanol–water partition coefficient (Wildman–Crippen LogP) is 5.61. The van der Waals surface area contributed by atoms with Crippen LogP contribution in [0.4, 0.5) is 5.69 Å². The summed E-state index contributed by atoms with van der Waals surface area (Å²) in [6.45, 7) is 0.774. The normalized spacial score (nSPS) is 28.3. The van der Waals surface area contributed by atoms with Gasteiger partial charge in [-0.25, -0.2) is 9.97 Å². The van der Waals surface area contributed by atoms with Gasteiger partial charge in [-0.3, -0.25) is 4.79 Å². The van der Waals surface area contributed by atoms with Gasteiger partial charge in [0.1, 0.15) is 9.71 Å². The fourth-order valence-corrected chi connectivity index (χ4v) is 8.36. The standard InChI is InChI=1S/C25H28N4OS2/c1-31-24-28-20(17-5-3-2-4-6-17)18-19(26)21(32-23(18)29-24)22(30)27-13-25-10-14-7-15(11-25)9-16(8-14)12-25/h2-6,14-16H,7-13,26H2,1H3,(H,27,30). The van der Waals surface area contributed by atoms with E-state index in [0.717, 1.165) is 45.8 Å². The number of thioether (sulfide) groups is 1. The molecule has 1 aromatic carbocycles. The van der Waals surface area contributed by atoms with Gasteiger partial charge in [0.25, 0.3) is 5.91 Å². The third-order valence-corrected chi connectivity index (χ3v) is 9.44. The molecule has 4 fully saturated rings. The molecule has 0 saturated heterocycles. The van der Waals surface area contributed by atoms with Crippen LogP contribution in [0.25, 0.3) is 21.5 Å². The maximum absolute atomic E-state index is 13.3. The topological polar surface area (TPSA) is 80.9 Å². The van der Waals surface area contributed by atoms with Crippen LogP contribution < -0.4 is 11.1 Å². The molecule has 4 bridgehead atoms. The summed E-state index contributed by atoms with van der Waals surface area (Å²) >= 11 is 2.89. The Kier molecular flexibility index (Phi) is 4.95. The summed E-state index contributed by atoms with van der Waals surface area (Å²) in [5, 5.41) is 4.77. The van der Waals surface area contributed by atoms with Gasteiger partial charge in [-0.2, -0.15) is 0 Å². The van der Waals surface area contributed by atoms with Crippen molar-refractivity contribution in [3.8, 4) is 11.3 Å². The average molecular weight is 465 g/mol. The van der Waals surface area contributed by atoms with Gasteiger partial charge in [0.05, 0.1) is 16.8 Å². The Morgan fingerprint density at radius 2 is 1.78 bits per heavy atom. The van der Waals surface area contributed by atoms with Crippen LogP contribution in [0.2, 0.25) is 0 Å². The minimum absolute atomic E-state index is 0.0639. The van der Waals surface area contributed by atoms with Crippen LogP contribution in [-0.4, -0.2) is 28.7 Å². The van der Waals surface area contributed by atoms with Gasteiger partial charge in [-0.15, -0.1) is 11.3 Å².